The van der Waals surface area contributed by atoms with E-state index in [1.807, 2.05) is 0 Å². The third-order valence-electron chi connectivity index (χ3n) is 4.27. The number of carbonyl (C=O) groups is 1. The zero-order chi connectivity index (χ0) is 12.4. The summed E-state index contributed by atoms with van der Waals surface area (Å²) in [4.78, 5) is 15.7. The minimum absolute atomic E-state index is 0.269. The van der Waals surface area contributed by atoms with Crippen LogP contribution in [-0.2, 0) is 4.79 Å². The Morgan fingerprint density at radius 3 is 2.76 bits per heavy atom. The van der Waals surface area contributed by atoms with Crippen LogP contribution in [-0.4, -0.2) is 59.1 Å². The summed E-state index contributed by atoms with van der Waals surface area (Å²) in [6, 6.07) is 1.06. The Bertz CT molecular complexity index is 281. The Kier molecular flexibility index (Phi) is 4.05. The van der Waals surface area contributed by atoms with Gasteiger partial charge in [-0.05, 0) is 45.7 Å². The van der Waals surface area contributed by atoms with Crippen LogP contribution in [0.1, 0.15) is 33.1 Å². The van der Waals surface area contributed by atoms with Crippen molar-refractivity contribution in [1.29, 1.82) is 0 Å². The van der Waals surface area contributed by atoms with Gasteiger partial charge in [0.25, 0.3) is 0 Å². The maximum absolute atomic E-state index is 10.7. The Morgan fingerprint density at radius 2 is 2.12 bits per heavy atom. The monoisotopic (exact) mass is 240 g/mol. The first-order valence-electron chi connectivity index (χ1n) is 6.78. The van der Waals surface area contributed by atoms with Gasteiger partial charge in [-0.3, -0.25) is 9.69 Å². The van der Waals surface area contributed by atoms with Gasteiger partial charge in [0.15, 0.2) is 0 Å². The van der Waals surface area contributed by atoms with Crippen molar-refractivity contribution in [3.05, 3.63) is 0 Å². The maximum atomic E-state index is 10.7. The third-order valence-corrected chi connectivity index (χ3v) is 4.27. The van der Waals surface area contributed by atoms with Crippen molar-refractivity contribution < 1.29 is 9.90 Å². The second-order valence-electron chi connectivity index (χ2n) is 5.68. The highest BCUT2D eigenvalue weighted by Crippen LogP contribution is 2.31. The fraction of sp³-hybridized carbons (Fsp3) is 0.923. The molecule has 2 aliphatic heterocycles. The van der Waals surface area contributed by atoms with Gasteiger partial charge in [0.05, 0.1) is 6.42 Å². The summed E-state index contributed by atoms with van der Waals surface area (Å²) in [6.45, 7) is 8.73. The van der Waals surface area contributed by atoms with E-state index in [-0.39, 0.29) is 6.42 Å². The lowest BCUT2D eigenvalue weighted by Crippen LogP contribution is -2.49. The summed E-state index contributed by atoms with van der Waals surface area (Å²) in [6.07, 6.45) is 2.77. The first-order valence-corrected chi connectivity index (χ1v) is 6.78. The standard InChI is InChI=1S/C13H24N2O2/c1-10(2)15(8-5-13(16)17)12-4-7-14-6-3-11(12)9-14/h10-12H,3-9H2,1-2H3,(H,16,17). The number of carboxylic acid groups (broad SMARTS) is 1. The molecule has 0 aromatic carbocycles. The Balaban J connectivity index is 1.97. The molecule has 2 rings (SSSR count). The fourth-order valence-electron chi connectivity index (χ4n) is 3.40. The molecule has 0 amide bonds. The molecule has 4 nitrogen and oxygen atoms in total. The van der Waals surface area contributed by atoms with Gasteiger partial charge in [-0.25, -0.2) is 0 Å². The Morgan fingerprint density at radius 1 is 1.41 bits per heavy atom. The van der Waals surface area contributed by atoms with Crippen molar-refractivity contribution in [1.82, 2.24) is 9.80 Å². The smallest absolute Gasteiger partial charge is 0.304 e. The predicted octanol–water partition coefficient (Wildman–Crippen LogP) is 1.27. The Hall–Kier alpha value is -0.610. The van der Waals surface area contributed by atoms with Crippen molar-refractivity contribution in [3.63, 3.8) is 0 Å². The molecule has 3 unspecified atom stereocenters. The number of nitrogens with zero attached hydrogens (tertiary/aromatic N) is 2. The minimum atomic E-state index is -0.681. The van der Waals surface area contributed by atoms with Crippen LogP contribution in [0.15, 0.2) is 0 Å². The van der Waals surface area contributed by atoms with Gasteiger partial charge < -0.3 is 10.0 Å². The summed E-state index contributed by atoms with van der Waals surface area (Å²) in [7, 11) is 0. The van der Waals surface area contributed by atoms with Gasteiger partial charge in [0.2, 0.25) is 0 Å². The summed E-state index contributed by atoms with van der Waals surface area (Å²) < 4.78 is 0. The zero-order valence-corrected chi connectivity index (χ0v) is 10.9. The molecule has 3 atom stereocenters. The molecule has 1 N–H and O–H groups in total. The molecule has 2 saturated heterocycles. The van der Waals surface area contributed by atoms with E-state index in [0.29, 0.717) is 18.6 Å². The fourth-order valence-corrected chi connectivity index (χ4v) is 3.40. The van der Waals surface area contributed by atoms with Gasteiger partial charge in [-0.2, -0.15) is 0 Å². The predicted molar refractivity (Wildman–Crippen MR) is 67.0 cm³/mol. The SMILES string of the molecule is CC(C)N(CCC(=O)O)C1CCN2CCC1C2. The van der Waals surface area contributed by atoms with E-state index in [1.54, 1.807) is 0 Å². The summed E-state index contributed by atoms with van der Waals surface area (Å²) in [5.74, 6) is 0.0828. The van der Waals surface area contributed by atoms with Crippen LogP contribution in [0.3, 0.4) is 0 Å². The topological polar surface area (TPSA) is 43.8 Å². The number of aliphatic carboxylic acids is 1. The lowest BCUT2D eigenvalue weighted by molar-refractivity contribution is -0.137. The van der Waals surface area contributed by atoms with Crippen LogP contribution in [0, 0.1) is 5.92 Å². The maximum Gasteiger partial charge on any atom is 0.304 e. The van der Waals surface area contributed by atoms with Crippen molar-refractivity contribution in [3.8, 4) is 0 Å². The third kappa shape index (κ3) is 2.99. The van der Waals surface area contributed by atoms with Crippen LogP contribution in [0.4, 0.5) is 0 Å². The van der Waals surface area contributed by atoms with Gasteiger partial charge in [0.1, 0.15) is 0 Å². The van der Waals surface area contributed by atoms with Crippen molar-refractivity contribution in [2.24, 2.45) is 5.92 Å². The number of piperidine rings is 1. The molecule has 0 aromatic heterocycles. The largest absolute Gasteiger partial charge is 0.481 e. The van der Waals surface area contributed by atoms with Gasteiger partial charge in [-0.15, -0.1) is 0 Å². The quantitative estimate of drug-likeness (QED) is 0.786. The Labute approximate surface area is 104 Å². The average Bonchev–Trinajstić information content (AvgIpc) is 2.63. The molecule has 98 valence electrons. The van der Waals surface area contributed by atoms with Crippen molar-refractivity contribution >= 4 is 5.97 Å². The molecule has 4 heteroatoms. The van der Waals surface area contributed by atoms with E-state index in [1.165, 1.54) is 32.5 Å². The number of hydrogen-bond acceptors (Lipinski definition) is 3. The molecule has 2 aliphatic rings. The number of hydrogen-bond donors (Lipinski definition) is 1. The summed E-state index contributed by atoms with van der Waals surface area (Å²) in [5, 5.41) is 8.84. The summed E-state index contributed by atoms with van der Waals surface area (Å²) in [5.41, 5.74) is 0. The van der Waals surface area contributed by atoms with Gasteiger partial charge in [0, 0.05) is 25.2 Å². The lowest BCUT2D eigenvalue weighted by atomic mass is 9.91. The van der Waals surface area contributed by atoms with Crippen molar-refractivity contribution in [2.45, 2.75) is 45.2 Å². The van der Waals surface area contributed by atoms with Crippen LogP contribution >= 0.6 is 0 Å². The van der Waals surface area contributed by atoms with Crippen molar-refractivity contribution in [2.75, 3.05) is 26.2 Å². The van der Waals surface area contributed by atoms with E-state index >= 15 is 0 Å². The highest BCUT2D eigenvalue weighted by atomic mass is 16.4. The molecule has 0 radical (unpaired) electrons. The normalized spacial score (nSPS) is 32.4. The van der Waals surface area contributed by atoms with Crippen LogP contribution in [0.25, 0.3) is 0 Å². The molecule has 2 heterocycles. The second-order valence-corrected chi connectivity index (χ2v) is 5.68. The first kappa shape index (κ1) is 12.8. The first-order chi connectivity index (χ1) is 8.08. The highest BCUT2D eigenvalue weighted by Gasteiger charge is 2.37. The van der Waals surface area contributed by atoms with Crippen LogP contribution in [0.5, 0.6) is 0 Å². The molecule has 0 saturated carbocycles. The van der Waals surface area contributed by atoms with Crippen LogP contribution in [0.2, 0.25) is 0 Å². The molecule has 0 spiro atoms. The summed E-state index contributed by atoms with van der Waals surface area (Å²) >= 11 is 0. The number of carboxylic acids is 1. The molecule has 2 fully saturated rings. The van der Waals surface area contributed by atoms with Gasteiger partial charge >= 0.3 is 5.97 Å². The molecule has 2 bridgehead atoms. The van der Waals surface area contributed by atoms with E-state index in [9.17, 15) is 4.79 Å². The second kappa shape index (κ2) is 5.36. The molecule has 0 aliphatic carbocycles. The van der Waals surface area contributed by atoms with E-state index < -0.39 is 5.97 Å². The highest BCUT2D eigenvalue weighted by molar-refractivity contribution is 5.66. The minimum Gasteiger partial charge on any atom is -0.481 e. The van der Waals surface area contributed by atoms with E-state index in [4.69, 9.17) is 5.11 Å². The number of rotatable bonds is 5. The van der Waals surface area contributed by atoms with E-state index in [2.05, 4.69) is 23.6 Å². The van der Waals surface area contributed by atoms with E-state index in [0.717, 1.165) is 5.92 Å². The zero-order valence-electron chi connectivity index (χ0n) is 10.9. The molecular weight excluding hydrogens is 216 g/mol. The molecule has 0 aromatic rings. The van der Waals surface area contributed by atoms with Gasteiger partial charge in [-0.1, -0.05) is 0 Å². The number of fused-ring (bicyclic) bond motifs is 2. The molecule has 17 heavy (non-hydrogen) atoms. The lowest BCUT2D eigenvalue weighted by Gasteiger charge is -2.41. The molecular formula is C13H24N2O2. The van der Waals surface area contributed by atoms with Crippen LogP contribution < -0.4 is 0 Å². The average molecular weight is 240 g/mol.